The third kappa shape index (κ3) is 4.40. The van der Waals surface area contributed by atoms with Crippen LogP contribution in [-0.4, -0.2) is 11.7 Å². The Labute approximate surface area is 133 Å². The van der Waals surface area contributed by atoms with E-state index in [2.05, 4.69) is 46.4 Å². The van der Waals surface area contributed by atoms with Gasteiger partial charge in [-0.15, -0.1) is 0 Å². The second-order valence-electron chi connectivity index (χ2n) is 4.93. The van der Waals surface area contributed by atoms with Crippen LogP contribution in [0.4, 0.5) is 0 Å². The van der Waals surface area contributed by atoms with Gasteiger partial charge in [-0.1, -0.05) is 40.2 Å². The molecule has 2 aromatic carbocycles. The molecule has 0 fully saturated rings. The Hall–Kier alpha value is -1.67. The second-order valence-corrected chi connectivity index (χ2v) is 5.85. The number of hydrogen-bond acceptors (Lipinski definition) is 3. The monoisotopic (exact) mass is 344 g/mol. The zero-order valence-electron chi connectivity index (χ0n) is 11.8. The highest BCUT2D eigenvalue weighted by molar-refractivity contribution is 9.10. The van der Waals surface area contributed by atoms with Gasteiger partial charge in [0.1, 0.15) is 0 Å². The summed E-state index contributed by atoms with van der Waals surface area (Å²) >= 11 is 3.46. The number of aliphatic hydroxyl groups excluding tert-OH is 1. The van der Waals surface area contributed by atoms with Crippen molar-refractivity contribution in [2.45, 2.75) is 19.1 Å². The molecule has 0 radical (unpaired) electrons. The molecular weight excluding hydrogens is 328 g/mol. The Morgan fingerprint density at radius 1 is 1.19 bits per heavy atom. The van der Waals surface area contributed by atoms with Crippen LogP contribution in [0.15, 0.2) is 53.0 Å². The molecule has 4 heteroatoms. The zero-order chi connectivity index (χ0) is 15.2. The minimum Gasteiger partial charge on any atom is -0.387 e. The highest BCUT2D eigenvalue weighted by Crippen LogP contribution is 2.19. The van der Waals surface area contributed by atoms with Crippen molar-refractivity contribution in [3.05, 3.63) is 69.7 Å². The number of nitrogens with one attached hydrogen (secondary N) is 1. The Bertz CT molecular complexity index is 634. The molecule has 0 aliphatic rings. The number of benzene rings is 2. The molecule has 0 bridgehead atoms. The average Bonchev–Trinajstić information content (AvgIpc) is 2.52. The third-order valence-electron chi connectivity index (χ3n) is 3.39. The number of aliphatic hydroxyl groups is 1. The van der Waals surface area contributed by atoms with E-state index in [9.17, 15) is 5.11 Å². The molecular formula is C17H17BrN2O. The lowest BCUT2D eigenvalue weighted by atomic mass is 10.1. The van der Waals surface area contributed by atoms with Gasteiger partial charge in [-0.05, 0) is 42.3 Å². The lowest BCUT2D eigenvalue weighted by Crippen LogP contribution is -2.24. The lowest BCUT2D eigenvalue weighted by molar-refractivity contribution is 0.171. The van der Waals surface area contributed by atoms with E-state index in [1.165, 1.54) is 0 Å². The largest absolute Gasteiger partial charge is 0.387 e. The van der Waals surface area contributed by atoms with Crippen LogP contribution in [0.1, 0.15) is 35.8 Å². The maximum Gasteiger partial charge on any atom is 0.0991 e. The van der Waals surface area contributed by atoms with Crippen LogP contribution in [0.2, 0.25) is 0 Å². The number of nitriles is 1. The van der Waals surface area contributed by atoms with Gasteiger partial charge in [-0.2, -0.15) is 5.26 Å². The van der Waals surface area contributed by atoms with E-state index in [0.717, 1.165) is 15.6 Å². The summed E-state index contributed by atoms with van der Waals surface area (Å²) in [6.45, 7) is 2.52. The maximum absolute atomic E-state index is 10.2. The van der Waals surface area contributed by atoms with Crippen LogP contribution in [0.5, 0.6) is 0 Å². The molecule has 0 spiro atoms. The predicted octanol–water partition coefficient (Wildman–Crippen LogP) is 3.70. The molecule has 0 saturated heterocycles. The van der Waals surface area contributed by atoms with Gasteiger partial charge in [0.25, 0.3) is 0 Å². The first-order valence-corrected chi connectivity index (χ1v) is 7.56. The maximum atomic E-state index is 10.2. The van der Waals surface area contributed by atoms with Gasteiger partial charge in [0, 0.05) is 17.1 Å². The number of hydrogen-bond donors (Lipinski definition) is 2. The molecule has 21 heavy (non-hydrogen) atoms. The van der Waals surface area contributed by atoms with Gasteiger partial charge in [-0.25, -0.2) is 0 Å². The molecule has 0 aliphatic heterocycles. The normalized spacial score (nSPS) is 13.4. The molecule has 108 valence electrons. The molecule has 1 unspecified atom stereocenters. The Balaban J connectivity index is 1.94. The molecule has 2 rings (SSSR count). The molecule has 0 heterocycles. The van der Waals surface area contributed by atoms with Crippen molar-refractivity contribution in [1.82, 2.24) is 5.32 Å². The van der Waals surface area contributed by atoms with Gasteiger partial charge in [-0.3, -0.25) is 0 Å². The summed E-state index contributed by atoms with van der Waals surface area (Å²) in [5, 5.41) is 22.3. The van der Waals surface area contributed by atoms with Gasteiger partial charge in [0.2, 0.25) is 0 Å². The van der Waals surface area contributed by atoms with Crippen LogP contribution in [-0.2, 0) is 0 Å². The molecule has 3 nitrogen and oxygen atoms in total. The first kappa shape index (κ1) is 15.7. The van der Waals surface area contributed by atoms with Crippen LogP contribution >= 0.6 is 15.9 Å². The number of rotatable bonds is 5. The SMILES string of the molecule is C[C@@H](NCC(O)c1ccc(C#N)cc1)c1cccc(Br)c1. The van der Waals surface area contributed by atoms with E-state index in [-0.39, 0.29) is 6.04 Å². The van der Waals surface area contributed by atoms with Crippen LogP contribution in [0.25, 0.3) is 0 Å². The second kappa shape index (κ2) is 7.37. The van der Waals surface area contributed by atoms with Crippen LogP contribution < -0.4 is 5.32 Å². The van der Waals surface area contributed by atoms with E-state index >= 15 is 0 Å². The summed E-state index contributed by atoms with van der Waals surface area (Å²) in [5.41, 5.74) is 2.57. The van der Waals surface area contributed by atoms with Crippen LogP contribution in [0.3, 0.4) is 0 Å². The first-order chi connectivity index (χ1) is 10.1. The fourth-order valence-electron chi connectivity index (χ4n) is 2.08. The highest BCUT2D eigenvalue weighted by atomic mass is 79.9. The fraction of sp³-hybridized carbons (Fsp3) is 0.235. The van der Waals surface area contributed by atoms with Crippen molar-refractivity contribution in [3.8, 4) is 6.07 Å². The summed E-state index contributed by atoms with van der Waals surface area (Å²) in [4.78, 5) is 0. The van der Waals surface area contributed by atoms with Gasteiger partial charge in [0.15, 0.2) is 0 Å². The summed E-state index contributed by atoms with van der Waals surface area (Å²) in [6.07, 6.45) is -0.590. The predicted molar refractivity (Wildman–Crippen MR) is 86.7 cm³/mol. The van der Waals surface area contributed by atoms with E-state index in [1.807, 2.05) is 12.1 Å². The van der Waals surface area contributed by atoms with Crippen molar-refractivity contribution in [3.63, 3.8) is 0 Å². The van der Waals surface area contributed by atoms with Gasteiger partial charge in [0.05, 0.1) is 17.7 Å². The summed E-state index contributed by atoms with van der Waals surface area (Å²) in [6, 6.07) is 17.3. The topological polar surface area (TPSA) is 56.0 Å². The first-order valence-electron chi connectivity index (χ1n) is 6.77. The van der Waals surface area contributed by atoms with Crippen molar-refractivity contribution < 1.29 is 5.11 Å². The summed E-state index contributed by atoms with van der Waals surface area (Å²) in [7, 11) is 0. The summed E-state index contributed by atoms with van der Waals surface area (Å²) in [5.74, 6) is 0. The minimum atomic E-state index is -0.590. The standard InChI is InChI=1S/C17H17BrN2O/c1-12(15-3-2-4-16(18)9-15)20-11-17(21)14-7-5-13(10-19)6-8-14/h2-9,12,17,20-21H,11H2,1H3/t12-,17?/m1/s1. The van der Waals surface area contributed by atoms with E-state index < -0.39 is 6.10 Å². The zero-order valence-corrected chi connectivity index (χ0v) is 13.3. The fourth-order valence-corrected chi connectivity index (χ4v) is 2.50. The molecule has 0 amide bonds. The van der Waals surface area contributed by atoms with Crippen LogP contribution in [0, 0.1) is 11.3 Å². The minimum absolute atomic E-state index is 0.149. The molecule has 0 saturated carbocycles. The Kier molecular flexibility index (Phi) is 5.51. The lowest BCUT2D eigenvalue weighted by Gasteiger charge is -2.18. The molecule has 2 atom stereocenters. The quantitative estimate of drug-likeness (QED) is 0.869. The Morgan fingerprint density at radius 3 is 2.52 bits per heavy atom. The molecule has 2 aromatic rings. The molecule has 2 N–H and O–H groups in total. The number of halogens is 1. The Morgan fingerprint density at radius 2 is 1.90 bits per heavy atom. The molecule has 0 aliphatic carbocycles. The van der Waals surface area contributed by atoms with Crippen molar-refractivity contribution in [2.24, 2.45) is 0 Å². The average molecular weight is 345 g/mol. The van der Waals surface area contributed by atoms with E-state index in [1.54, 1.807) is 24.3 Å². The summed E-state index contributed by atoms with van der Waals surface area (Å²) < 4.78 is 1.04. The van der Waals surface area contributed by atoms with E-state index in [0.29, 0.717) is 12.1 Å². The van der Waals surface area contributed by atoms with Gasteiger partial charge >= 0.3 is 0 Å². The van der Waals surface area contributed by atoms with E-state index in [4.69, 9.17) is 5.26 Å². The van der Waals surface area contributed by atoms with Crippen molar-refractivity contribution in [2.75, 3.05) is 6.54 Å². The third-order valence-corrected chi connectivity index (χ3v) is 3.88. The van der Waals surface area contributed by atoms with Crippen molar-refractivity contribution in [1.29, 1.82) is 5.26 Å². The smallest absolute Gasteiger partial charge is 0.0991 e. The van der Waals surface area contributed by atoms with Crippen molar-refractivity contribution >= 4 is 15.9 Å². The highest BCUT2D eigenvalue weighted by Gasteiger charge is 2.11. The number of nitrogens with zero attached hydrogens (tertiary/aromatic N) is 1. The molecule has 0 aromatic heterocycles. The van der Waals surface area contributed by atoms with Gasteiger partial charge < -0.3 is 10.4 Å².